The first-order valence-electron chi connectivity index (χ1n) is 5.72. The fourth-order valence-electron chi connectivity index (χ4n) is 1.01. The van der Waals surface area contributed by atoms with E-state index in [-0.39, 0.29) is 0 Å². The summed E-state index contributed by atoms with van der Waals surface area (Å²) in [6.07, 6.45) is 2.93. The Labute approximate surface area is 101 Å². The highest BCUT2D eigenvalue weighted by atomic mass is 35.6. The molecule has 0 amide bonds. The molecule has 0 aliphatic rings. The lowest BCUT2D eigenvalue weighted by Gasteiger charge is -2.27. The molecule has 0 heterocycles. The molecule has 0 rings (SSSR count). The Hall–Kier alpha value is 0.604. The predicted octanol–water partition coefficient (Wildman–Crippen LogP) is 2.02. The van der Waals surface area contributed by atoms with Gasteiger partial charge in [0.2, 0.25) is 8.35 Å². The van der Waals surface area contributed by atoms with Crippen LogP contribution in [0, 0.1) is 0 Å². The molecule has 0 radical (unpaired) electrons. The van der Waals surface area contributed by atoms with Crippen LogP contribution in [0.4, 0.5) is 0 Å². The van der Waals surface area contributed by atoms with E-state index < -0.39 is 16.7 Å². The van der Waals surface area contributed by atoms with Gasteiger partial charge in [-0.05, 0) is 19.3 Å². The van der Waals surface area contributed by atoms with E-state index in [1.807, 2.05) is 0 Å². The third-order valence-corrected chi connectivity index (χ3v) is 9.77. The summed E-state index contributed by atoms with van der Waals surface area (Å²) >= 11 is 6.06. The van der Waals surface area contributed by atoms with E-state index in [0.717, 1.165) is 19.3 Å². The van der Waals surface area contributed by atoms with Gasteiger partial charge in [0.15, 0.2) is 0 Å². The van der Waals surface area contributed by atoms with Crippen LogP contribution in [0.3, 0.4) is 0 Å². The van der Waals surface area contributed by atoms with Crippen molar-refractivity contribution in [1.29, 1.82) is 0 Å². The standard InChI is InChI=1S/C9H23ClO3Si2/c1-4-7-11-15(14-10,12-8-5-2)13-9-6-3/h4-9,14H2,1-3H3. The summed E-state index contributed by atoms with van der Waals surface area (Å²) in [5.41, 5.74) is 0. The third kappa shape index (κ3) is 6.70. The predicted molar refractivity (Wildman–Crippen MR) is 68.9 cm³/mol. The molecule has 0 saturated heterocycles. The second-order valence-electron chi connectivity index (χ2n) is 3.36. The van der Waals surface area contributed by atoms with Gasteiger partial charge in [0.1, 0.15) is 0 Å². The molecule has 0 aliphatic carbocycles. The average molecular weight is 271 g/mol. The molecule has 6 heteroatoms. The van der Waals surface area contributed by atoms with Crippen molar-refractivity contribution >= 4 is 27.7 Å². The molecule has 0 spiro atoms. The Morgan fingerprint density at radius 2 is 1.20 bits per heavy atom. The van der Waals surface area contributed by atoms with Crippen LogP contribution < -0.4 is 0 Å². The molecule has 0 N–H and O–H groups in total. The van der Waals surface area contributed by atoms with E-state index in [1.54, 1.807) is 0 Å². The highest BCUT2D eigenvalue weighted by Gasteiger charge is 2.40. The first-order chi connectivity index (χ1) is 7.24. The molecular formula is C9H23ClO3Si2. The maximum atomic E-state index is 6.06. The van der Waals surface area contributed by atoms with Crippen molar-refractivity contribution in [2.75, 3.05) is 19.8 Å². The molecule has 0 aliphatic heterocycles. The smallest absolute Gasteiger partial charge is 0.376 e. The molecule has 92 valence electrons. The van der Waals surface area contributed by atoms with Gasteiger partial charge in [-0.15, -0.1) is 0 Å². The zero-order valence-electron chi connectivity index (χ0n) is 10.1. The average Bonchev–Trinajstić information content (AvgIpc) is 2.29. The van der Waals surface area contributed by atoms with E-state index in [0.29, 0.717) is 19.8 Å². The van der Waals surface area contributed by atoms with E-state index >= 15 is 0 Å². The lowest BCUT2D eigenvalue weighted by molar-refractivity contribution is 0.0806. The van der Waals surface area contributed by atoms with Crippen molar-refractivity contribution in [3.05, 3.63) is 0 Å². The summed E-state index contributed by atoms with van der Waals surface area (Å²) in [6, 6.07) is 0. The highest BCUT2D eigenvalue weighted by Crippen LogP contribution is 2.11. The van der Waals surface area contributed by atoms with Gasteiger partial charge < -0.3 is 13.3 Å². The summed E-state index contributed by atoms with van der Waals surface area (Å²) in [5.74, 6) is 0. The minimum Gasteiger partial charge on any atom is -0.376 e. The van der Waals surface area contributed by atoms with E-state index in [2.05, 4.69) is 20.8 Å². The van der Waals surface area contributed by atoms with Gasteiger partial charge in [0, 0.05) is 19.8 Å². The third-order valence-electron chi connectivity index (χ3n) is 1.74. The first kappa shape index (κ1) is 15.6. The Kier molecular flexibility index (Phi) is 10.2. The maximum Gasteiger partial charge on any atom is 0.481 e. The molecule has 0 aromatic rings. The zero-order valence-corrected chi connectivity index (χ0v) is 13.2. The monoisotopic (exact) mass is 270 g/mol. The molecule has 0 atom stereocenters. The van der Waals surface area contributed by atoms with Crippen molar-refractivity contribution in [3.8, 4) is 0 Å². The van der Waals surface area contributed by atoms with Gasteiger partial charge in [-0.25, -0.2) is 0 Å². The summed E-state index contributed by atoms with van der Waals surface area (Å²) in [5, 5.41) is 0. The van der Waals surface area contributed by atoms with Crippen LogP contribution in [0.1, 0.15) is 40.0 Å². The Morgan fingerprint density at radius 1 is 0.867 bits per heavy atom. The van der Waals surface area contributed by atoms with Gasteiger partial charge in [-0.2, -0.15) is 11.1 Å². The first-order valence-corrected chi connectivity index (χ1v) is 11.9. The van der Waals surface area contributed by atoms with E-state index in [4.69, 9.17) is 24.4 Å². The van der Waals surface area contributed by atoms with Crippen LogP contribution in [0.25, 0.3) is 0 Å². The lowest BCUT2D eigenvalue weighted by Crippen LogP contribution is -2.51. The molecule has 0 bridgehead atoms. The minimum absolute atomic E-state index is 0.694. The molecule has 15 heavy (non-hydrogen) atoms. The summed E-state index contributed by atoms with van der Waals surface area (Å²) in [4.78, 5) is 0. The normalized spacial score (nSPS) is 12.8. The summed E-state index contributed by atoms with van der Waals surface area (Å²) < 4.78 is 17.3. The fourth-order valence-corrected chi connectivity index (χ4v) is 7.12. The molecule has 3 nitrogen and oxygen atoms in total. The topological polar surface area (TPSA) is 27.7 Å². The van der Waals surface area contributed by atoms with Crippen molar-refractivity contribution in [2.45, 2.75) is 40.0 Å². The Balaban J connectivity index is 4.16. The number of hydrogen-bond donors (Lipinski definition) is 0. The van der Waals surface area contributed by atoms with Crippen molar-refractivity contribution in [3.63, 3.8) is 0 Å². The molecular weight excluding hydrogens is 248 g/mol. The molecule has 0 unspecified atom stereocenters. The molecule has 0 saturated carbocycles. The van der Waals surface area contributed by atoms with Gasteiger partial charge in [0.25, 0.3) is 0 Å². The van der Waals surface area contributed by atoms with Crippen LogP contribution in [0.15, 0.2) is 0 Å². The largest absolute Gasteiger partial charge is 0.481 e. The second-order valence-corrected chi connectivity index (χ2v) is 11.7. The lowest BCUT2D eigenvalue weighted by atomic mass is 10.5. The Morgan fingerprint density at radius 3 is 1.40 bits per heavy atom. The number of rotatable bonds is 10. The SMILES string of the molecule is CCCO[Si](OCCC)(OCCC)[SiH2]Cl. The number of halogens is 1. The van der Waals surface area contributed by atoms with Crippen LogP contribution in [0.2, 0.25) is 0 Å². The van der Waals surface area contributed by atoms with Crippen molar-refractivity contribution in [1.82, 2.24) is 0 Å². The zero-order chi connectivity index (χ0) is 11.6. The minimum atomic E-state index is -2.43. The fraction of sp³-hybridized carbons (Fsp3) is 1.00. The van der Waals surface area contributed by atoms with Gasteiger partial charge >= 0.3 is 8.32 Å². The van der Waals surface area contributed by atoms with Crippen LogP contribution >= 0.6 is 11.1 Å². The van der Waals surface area contributed by atoms with E-state index in [9.17, 15) is 0 Å². The van der Waals surface area contributed by atoms with E-state index in [1.165, 1.54) is 0 Å². The van der Waals surface area contributed by atoms with Crippen LogP contribution in [-0.2, 0) is 13.3 Å². The van der Waals surface area contributed by atoms with Crippen molar-refractivity contribution < 1.29 is 13.3 Å². The van der Waals surface area contributed by atoms with Gasteiger partial charge in [-0.3, -0.25) is 0 Å². The van der Waals surface area contributed by atoms with Gasteiger partial charge in [-0.1, -0.05) is 20.8 Å². The van der Waals surface area contributed by atoms with Crippen LogP contribution in [0.5, 0.6) is 0 Å². The summed E-state index contributed by atoms with van der Waals surface area (Å²) in [6.45, 7) is 8.32. The number of hydrogen-bond acceptors (Lipinski definition) is 3. The Bertz CT molecular complexity index is 128. The van der Waals surface area contributed by atoms with Crippen LogP contribution in [-0.4, -0.2) is 36.5 Å². The highest BCUT2D eigenvalue weighted by molar-refractivity contribution is 7.34. The quantitative estimate of drug-likeness (QED) is 0.449. The van der Waals surface area contributed by atoms with Gasteiger partial charge in [0.05, 0.1) is 0 Å². The molecule has 0 aromatic heterocycles. The second kappa shape index (κ2) is 9.80. The molecule has 0 aromatic carbocycles. The maximum absolute atomic E-state index is 6.06. The van der Waals surface area contributed by atoms with Crippen molar-refractivity contribution in [2.24, 2.45) is 0 Å². The molecule has 0 fully saturated rings. The summed E-state index contributed by atoms with van der Waals surface area (Å²) in [7, 11) is -3.32.